The molecular weight excluding hydrogens is 233 g/mol. The van der Waals surface area contributed by atoms with Crippen molar-refractivity contribution in [2.45, 2.75) is 25.9 Å². The molecule has 0 amide bonds. The van der Waals surface area contributed by atoms with Crippen molar-refractivity contribution >= 4 is 11.8 Å². The molecule has 0 atom stereocenters. The minimum atomic E-state index is -4.50. The molecule has 0 radical (unpaired) electrons. The molecule has 1 aliphatic rings. The third kappa shape index (κ3) is 2.98. The van der Waals surface area contributed by atoms with Gasteiger partial charge < -0.3 is 11.1 Å². The Hall–Kier alpha value is -1.53. The summed E-state index contributed by atoms with van der Waals surface area (Å²) in [7, 11) is 0. The van der Waals surface area contributed by atoms with Crippen LogP contribution in [0.2, 0.25) is 0 Å². The summed E-state index contributed by atoms with van der Waals surface area (Å²) in [5.74, 6) is -0.249. The second kappa shape index (κ2) is 3.75. The highest BCUT2D eigenvalue weighted by atomic mass is 19.4. The predicted molar refractivity (Wildman–Crippen MR) is 57.3 cm³/mol. The van der Waals surface area contributed by atoms with Gasteiger partial charge in [0.15, 0.2) is 5.69 Å². The van der Waals surface area contributed by atoms with E-state index in [4.69, 9.17) is 5.73 Å². The van der Waals surface area contributed by atoms with Gasteiger partial charge >= 0.3 is 6.18 Å². The van der Waals surface area contributed by atoms with Gasteiger partial charge in [-0.2, -0.15) is 18.2 Å². The third-order valence-electron chi connectivity index (χ3n) is 2.83. The van der Waals surface area contributed by atoms with Crippen molar-refractivity contribution in [2.24, 2.45) is 5.41 Å². The average Bonchev–Trinajstić information content (AvgIpc) is 2.92. The zero-order valence-electron chi connectivity index (χ0n) is 9.30. The first-order chi connectivity index (χ1) is 7.78. The smallest absolute Gasteiger partial charge is 0.369 e. The molecule has 0 spiro atoms. The summed E-state index contributed by atoms with van der Waals surface area (Å²) in [5.41, 5.74) is 4.41. The van der Waals surface area contributed by atoms with E-state index in [-0.39, 0.29) is 17.2 Å². The van der Waals surface area contributed by atoms with Crippen molar-refractivity contribution in [2.75, 3.05) is 17.6 Å². The molecule has 94 valence electrons. The minimum absolute atomic E-state index is 0.123. The Kier molecular flexibility index (Phi) is 2.63. The number of alkyl halides is 3. The highest BCUT2D eigenvalue weighted by Crippen LogP contribution is 2.44. The van der Waals surface area contributed by atoms with E-state index < -0.39 is 11.9 Å². The SMILES string of the molecule is CC1(CNc2cc(C(F)(F)F)nc(N)n2)CC1. The first-order valence-electron chi connectivity index (χ1n) is 5.24. The number of nitrogen functional groups attached to an aromatic ring is 1. The van der Waals surface area contributed by atoms with Gasteiger partial charge in [0, 0.05) is 12.6 Å². The molecule has 4 nitrogen and oxygen atoms in total. The Labute approximate surface area is 96.4 Å². The largest absolute Gasteiger partial charge is 0.433 e. The molecule has 1 aromatic heterocycles. The maximum absolute atomic E-state index is 12.5. The maximum atomic E-state index is 12.5. The van der Waals surface area contributed by atoms with Crippen molar-refractivity contribution in [1.29, 1.82) is 0 Å². The number of anilines is 2. The van der Waals surface area contributed by atoms with Crippen LogP contribution in [0.3, 0.4) is 0 Å². The van der Waals surface area contributed by atoms with E-state index in [1.165, 1.54) is 0 Å². The lowest BCUT2D eigenvalue weighted by molar-refractivity contribution is -0.141. The van der Waals surface area contributed by atoms with Crippen molar-refractivity contribution in [3.05, 3.63) is 11.8 Å². The van der Waals surface area contributed by atoms with E-state index in [9.17, 15) is 13.2 Å². The Morgan fingerprint density at radius 1 is 1.41 bits per heavy atom. The van der Waals surface area contributed by atoms with Crippen LogP contribution in [0.15, 0.2) is 6.07 Å². The van der Waals surface area contributed by atoms with Crippen molar-refractivity contribution in [3.8, 4) is 0 Å². The second-order valence-electron chi connectivity index (χ2n) is 4.66. The molecule has 0 aromatic carbocycles. The van der Waals surface area contributed by atoms with E-state index in [0.29, 0.717) is 6.54 Å². The lowest BCUT2D eigenvalue weighted by Gasteiger charge is -2.12. The van der Waals surface area contributed by atoms with E-state index in [1.54, 1.807) is 0 Å². The van der Waals surface area contributed by atoms with E-state index >= 15 is 0 Å². The van der Waals surface area contributed by atoms with Crippen LogP contribution in [0, 0.1) is 5.41 Å². The molecule has 1 aromatic rings. The lowest BCUT2D eigenvalue weighted by Crippen LogP contribution is -2.16. The lowest BCUT2D eigenvalue weighted by atomic mass is 10.1. The number of rotatable bonds is 3. The summed E-state index contributed by atoms with van der Waals surface area (Å²) in [4.78, 5) is 6.90. The standard InChI is InChI=1S/C10H13F3N4/c1-9(2-3-9)5-15-7-4-6(10(11,12)13)16-8(14)17-7/h4H,2-3,5H2,1H3,(H3,14,15,16,17). The van der Waals surface area contributed by atoms with Crippen LogP contribution in [0.25, 0.3) is 0 Å². The fraction of sp³-hybridized carbons (Fsp3) is 0.600. The predicted octanol–water partition coefficient (Wildman–Crippen LogP) is 2.29. The third-order valence-corrected chi connectivity index (χ3v) is 2.83. The van der Waals surface area contributed by atoms with Gasteiger partial charge in [-0.15, -0.1) is 0 Å². The molecule has 1 heterocycles. The van der Waals surface area contributed by atoms with Crippen LogP contribution in [0.5, 0.6) is 0 Å². The Balaban J connectivity index is 2.14. The van der Waals surface area contributed by atoms with Crippen LogP contribution in [0.4, 0.5) is 24.9 Å². The molecule has 0 unspecified atom stereocenters. The quantitative estimate of drug-likeness (QED) is 0.858. The average molecular weight is 246 g/mol. The first-order valence-corrected chi connectivity index (χ1v) is 5.24. The monoisotopic (exact) mass is 246 g/mol. The van der Waals surface area contributed by atoms with Gasteiger partial charge in [0.1, 0.15) is 5.82 Å². The Morgan fingerprint density at radius 3 is 2.59 bits per heavy atom. The fourth-order valence-corrected chi connectivity index (χ4v) is 1.40. The molecule has 1 saturated carbocycles. The fourth-order valence-electron chi connectivity index (χ4n) is 1.40. The maximum Gasteiger partial charge on any atom is 0.433 e. The van der Waals surface area contributed by atoms with Crippen LogP contribution in [-0.2, 0) is 6.18 Å². The summed E-state index contributed by atoms with van der Waals surface area (Å²) < 4.78 is 37.4. The van der Waals surface area contributed by atoms with Crippen LogP contribution in [0.1, 0.15) is 25.5 Å². The number of nitrogens with one attached hydrogen (secondary N) is 1. The molecule has 2 rings (SSSR count). The molecule has 0 aliphatic heterocycles. The molecule has 1 fully saturated rings. The first kappa shape index (κ1) is 11.9. The molecule has 3 N–H and O–H groups in total. The van der Waals surface area contributed by atoms with Gasteiger partial charge in [0.2, 0.25) is 5.95 Å². The molecule has 17 heavy (non-hydrogen) atoms. The highest BCUT2D eigenvalue weighted by molar-refractivity contribution is 5.41. The van der Waals surface area contributed by atoms with Gasteiger partial charge in [-0.3, -0.25) is 0 Å². The molecule has 7 heteroatoms. The van der Waals surface area contributed by atoms with E-state index in [0.717, 1.165) is 18.9 Å². The van der Waals surface area contributed by atoms with Gasteiger partial charge in [-0.05, 0) is 18.3 Å². The van der Waals surface area contributed by atoms with Crippen LogP contribution in [-0.4, -0.2) is 16.5 Å². The summed E-state index contributed by atoms with van der Waals surface area (Å²) in [6.45, 7) is 2.66. The molecule has 0 bridgehead atoms. The van der Waals surface area contributed by atoms with Gasteiger partial charge in [0.05, 0.1) is 0 Å². The van der Waals surface area contributed by atoms with Crippen molar-refractivity contribution in [3.63, 3.8) is 0 Å². The second-order valence-corrected chi connectivity index (χ2v) is 4.66. The topological polar surface area (TPSA) is 63.8 Å². The minimum Gasteiger partial charge on any atom is -0.369 e. The van der Waals surface area contributed by atoms with Gasteiger partial charge in [0.25, 0.3) is 0 Å². The summed E-state index contributed by atoms with van der Waals surface area (Å²) >= 11 is 0. The summed E-state index contributed by atoms with van der Waals surface area (Å²) in [5, 5.41) is 2.87. The number of hydrogen-bond donors (Lipinski definition) is 2. The number of aromatic nitrogens is 2. The normalized spacial score (nSPS) is 17.9. The summed E-state index contributed by atoms with van der Waals surface area (Å²) in [6.07, 6.45) is -2.35. The zero-order chi connectivity index (χ0) is 12.7. The van der Waals surface area contributed by atoms with E-state index in [1.807, 2.05) is 0 Å². The van der Waals surface area contributed by atoms with Gasteiger partial charge in [-0.25, -0.2) is 4.98 Å². The Morgan fingerprint density at radius 2 is 2.06 bits per heavy atom. The summed E-state index contributed by atoms with van der Waals surface area (Å²) in [6, 6.07) is 0.877. The van der Waals surface area contributed by atoms with E-state index in [2.05, 4.69) is 22.2 Å². The highest BCUT2D eigenvalue weighted by Gasteiger charge is 2.37. The number of hydrogen-bond acceptors (Lipinski definition) is 4. The molecular formula is C10H13F3N4. The Bertz CT molecular complexity index is 426. The number of nitrogens with zero attached hydrogens (tertiary/aromatic N) is 2. The van der Waals surface area contributed by atoms with Crippen molar-refractivity contribution in [1.82, 2.24) is 9.97 Å². The molecule has 0 saturated heterocycles. The van der Waals surface area contributed by atoms with Crippen LogP contribution >= 0.6 is 0 Å². The zero-order valence-corrected chi connectivity index (χ0v) is 9.30. The van der Waals surface area contributed by atoms with Crippen molar-refractivity contribution < 1.29 is 13.2 Å². The van der Waals surface area contributed by atoms with Crippen LogP contribution < -0.4 is 11.1 Å². The molecule has 1 aliphatic carbocycles. The number of nitrogens with two attached hydrogens (primary N) is 1. The number of halogens is 3. The van der Waals surface area contributed by atoms with Gasteiger partial charge in [-0.1, -0.05) is 6.92 Å².